The van der Waals surface area contributed by atoms with Crippen LogP contribution in [-0.2, 0) is 11.3 Å². The quantitative estimate of drug-likeness (QED) is 0.383. The van der Waals surface area contributed by atoms with Crippen molar-refractivity contribution < 1.29 is 18.7 Å². The maximum atomic E-state index is 15.1. The second-order valence-electron chi connectivity index (χ2n) is 11.4. The van der Waals surface area contributed by atoms with E-state index < -0.39 is 11.8 Å². The molecule has 11 heteroatoms. The number of nitrogens with one attached hydrogen (secondary N) is 1. The zero-order chi connectivity index (χ0) is 30.1. The monoisotopic (exact) mass is 587 g/mol. The number of urea groups is 1. The van der Waals surface area contributed by atoms with Crippen molar-refractivity contribution in [3.63, 3.8) is 0 Å². The maximum absolute atomic E-state index is 15.1. The van der Waals surface area contributed by atoms with Crippen molar-refractivity contribution in [2.75, 3.05) is 53.3 Å². The number of nitrogens with zero attached hydrogens (tertiary/aromatic N) is 6. The molecule has 0 aliphatic carbocycles. The average molecular weight is 588 g/mol. The van der Waals surface area contributed by atoms with E-state index in [9.17, 15) is 9.59 Å². The Morgan fingerprint density at radius 1 is 1.09 bits per heavy atom. The van der Waals surface area contributed by atoms with Gasteiger partial charge < -0.3 is 19.9 Å². The van der Waals surface area contributed by atoms with Crippen LogP contribution in [-0.4, -0.2) is 66.1 Å². The number of anilines is 5. The molecule has 3 amide bonds. The van der Waals surface area contributed by atoms with Crippen LogP contribution in [0.25, 0.3) is 0 Å². The van der Waals surface area contributed by atoms with E-state index in [-0.39, 0.29) is 24.2 Å². The van der Waals surface area contributed by atoms with Gasteiger partial charge in [-0.1, -0.05) is 6.92 Å². The molecular weight excluding hydrogens is 549 g/mol. The van der Waals surface area contributed by atoms with Gasteiger partial charge >= 0.3 is 6.03 Å². The van der Waals surface area contributed by atoms with Crippen LogP contribution in [0.5, 0.6) is 5.75 Å². The molecule has 1 atom stereocenters. The molecule has 0 radical (unpaired) electrons. The highest BCUT2D eigenvalue weighted by Gasteiger charge is 2.41. The Morgan fingerprint density at radius 2 is 1.91 bits per heavy atom. The maximum Gasteiger partial charge on any atom is 0.330 e. The molecule has 0 saturated carbocycles. The Hall–Kier alpha value is -4.41. The summed E-state index contributed by atoms with van der Waals surface area (Å²) in [7, 11) is 1.50. The predicted octanol–water partition coefficient (Wildman–Crippen LogP) is 5.62. The van der Waals surface area contributed by atoms with Crippen LogP contribution in [0, 0.1) is 12.7 Å². The number of rotatable bonds is 7. The minimum Gasteiger partial charge on any atom is -0.497 e. The van der Waals surface area contributed by atoms with E-state index in [0.717, 1.165) is 18.8 Å². The third kappa shape index (κ3) is 5.68. The summed E-state index contributed by atoms with van der Waals surface area (Å²) < 4.78 is 20.4. The highest BCUT2D eigenvalue weighted by Crippen LogP contribution is 2.37. The molecule has 0 unspecified atom stereocenters. The fourth-order valence-corrected chi connectivity index (χ4v) is 6.34. The summed E-state index contributed by atoms with van der Waals surface area (Å²) in [4.78, 5) is 43.2. The van der Waals surface area contributed by atoms with Crippen LogP contribution in [0.15, 0.2) is 42.6 Å². The number of aromatic nitrogens is 2. The van der Waals surface area contributed by atoms with Gasteiger partial charge in [-0.05, 0) is 68.5 Å². The number of methoxy groups -OCH3 is 1. The second kappa shape index (κ2) is 12.1. The van der Waals surface area contributed by atoms with E-state index >= 15 is 4.39 Å². The number of likely N-dealkylation sites (tertiary alicyclic amines) is 1. The number of benzene rings is 2. The van der Waals surface area contributed by atoms with Gasteiger partial charge in [-0.15, -0.1) is 0 Å². The highest BCUT2D eigenvalue weighted by molar-refractivity contribution is 6.06. The highest BCUT2D eigenvalue weighted by atomic mass is 19.1. The lowest BCUT2D eigenvalue weighted by Crippen LogP contribution is -2.53. The molecule has 2 saturated heterocycles. The van der Waals surface area contributed by atoms with E-state index in [0.29, 0.717) is 49.0 Å². The number of carbonyl (C=O) groups is 2. The summed E-state index contributed by atoms with van der Waals surface area (Å²) in [5.41, 5.74) is 4.07. The third-order valence-corrected chi connectivity index (χ3v) is 8.61. The first kappa shape index (κ1) is 28.7. The van der Waals surface area contributed by atoms with Gasteiger partial charge in [0.15, 0.2) is 0 Å². The number of fused-ring (bicyclic) bond motifs is 1. The van der Waals surface area contributed by atoms with Crippen LogP contribution in [0.1, 0.15) is 50.2 Å². The Labute approximate surface area is 251 Å². The Kier molecular flexibility index (Phi) is 8.05. The lowest BCUT2D eigenvalue weighted by atomic mass is 10.1. The van der Waals surface area contributed by atoms with Gasteiger partial charge in [0.2, 0.25) is 11.9 Å². The molecule has 3 aliphatic rings. The van der Waals surface area contributed by atoms with Gasteiger partial charge in [0, 0.05) is 61.8 Å². The smallest absolute Gasteiger partial charge is 0.330 e. The first-order valence-electron chi connectivity index (χ1n) is 15.1. The Morgan fingerprint density at radius 3 is 2.65 bits per heavy atom. The molecule has 226 valence electrons. The summed E-state index contributed by atoms with van der Waals surface area (Å²) in [5.74, 6) is 0.784. The number of amides is 3. The summed E-state index contributed by atoms with van der Waals surface area (Å²) in [6, 6.07) is 9.87. The number of piperidine rings is 1. The molecule has 10 nitrogen and oxygen atoms in total. The van der Waals surface area contributed by atoms with E-state index in [1.807, 2.05) is 13.0 Å². The van der Waals surface area contributed by atoms with Crippen molar-refractivity contribution in [2.45, 2.75) is 58.5 Å². The molecule has 2 fully saturated rings. The zero-order valence-corrected chi connectivity index (χ0v) is 25.0. The van der Waals surface area contributed by atoms with Crippen molar-refractivity contribution >= 4 is 40.8 Å². The van der Waals surface area contributed by atoms with Gasteiger partial charge in [-0.2, -0.15) is 4.98 Å². The minimum absolute atomic E-state index is 0.0382. The van der Waals surface area contributed by atoms with Crippen molar-refractivity contribution in [3.8, 4) is 5.75 Å². The van der Waals surface area contributed by atoms with Crippen molar-refractivity contribution in [1.29, 1.82) is 0 Å². The number of ether oxygens (including phenoxy) is 1. The van der Waals surface area contributed by atoms with Crippen molar-refractivity contribution in [2.24, 2.45) is 0 Å². The summed E-state index contributed by atoms with van der Waals surface area (Å²) in [6.45, 7) is 7.12. The fraction of sp³-hybridized carbons (Fsp3) is 0.438. The fourth-order valence-electron chi connectivity index (χ4n) is 6.34. The normalized spacial score (nSPS) is 18.6. The van der Waals surface area contributed by atoms with Gasteiger partial charge in [0.1, 0.15) is 17.4 Å². The van der Waals surface area contributed by atoms with Crippen LogP contribution in [0.3, 0.4) is 0 Å². The van der Waals surface area contributed by atoms with Crippen LogP contribution in [0.4, 0.5) is 38.0 Å². The van der Waals surface area contributed by atoms with Crippen LogP contribution in [0.2, 0.25) is 0 Å². The number of hydrogen-bond donors (Lipinski definition) is 1. The lowest BCUT2D eigenvalue weighted by Gasteiger charge is -2.39. The SMILES string of the molecule is CCC(=O)N1CC[C@H](N2C(=O)N(c3cc(OC)ccc3F)Cc3cnc(Nc4ccc(N5CCCCC5)c(C)c4)nc32)C1. The number of hydrogen-bond acceptors (Lipinski definition) is 7. The first-order chi connectivity index (χ1) is 20.9. The molecule has 0 spiro atoms. The minimum atomic E-state index is -0.533. The third-order valence-electron chi connectivity index (χ3n) is 8.61. The molecule has 43 heavy (non-hydrogen) atoms. The first-order valence-corrected chi connectivity index (χ1v) is 15.1. The average Bonchev–Trinajstić information content (AvgIpc) is 3.51. The number of carbonyl (C=O) groups excluding carboxylic acids is 2. The predicted molar refractivity (Wildman–Crippen MR) is 165 cm³/mol. The van der Waals surface area contributed by atoms with Gasteiger partial charge in [-0.25, -0.2) is 14.2 Å². The molecule has 1 N–H and O–H groups in total. The molecule has 0 bridgehead atoms. The van der Waals surface area contributed by atoms with Crippen molar-refractivity contribution in [1.82, 2.24) is 14.9 Å². The summed E-state index contributed by atoms with van der Waals surface area (Å²) in [5, 5.41) is 3.32. The Balaban J connectivity index is 1.32. The topological polar surface area (TPSA) is 94.1 Å². The van der Waals surface area contributed by atoms with Crippen LogP contribution >= 0.6 is 0 Å². The van der Waals surface area contributed by atoms with E-state index in [4.69, 9.17) is 9.72 Å². The van der Waals surface area contributed by atoms with E-state index in [1.54, 1.807) is 16.0 Å². The van der Waals surface area contributed by atoms with Gasteiger partial charge in [0.25, 0.3) is 0 Å². The van der Waals surface area contributed by atoms with Crippen LogP contribution < -0.4 is 24.8 Å². The lowest BCUT2D eigenvalue weighted by molar-refractivity contribution is -0.129. The largest absolute Gasteiger partial charge is 0.497 e. The Bertz CT molecular complexity index is 1530. The number of halogens is 1. The summed E-state index contributed by atoms with van der Waals surface area (Å²) in [6.07, 6.45) is 6.38. The molecule has 2 aromatic carbocycles. The molecule has 3 aromatic rings. The summed E-state index contributed by atoms with van der Waals surface area (Å²) >= 11 is 0. The zero-order valence-electron chi connectivity index (χ0n) is 25.0. The molecule has 1 aromatic heterocycles. The molecule has 3 aliphatic heterocycles. The van der Waals surface area contributed by atoms with E-state index in [1.165, 1.54) is 60.7 Å². The molecule has 6 rings (SSSR count). The van der Waals surface area contributed by atoms with Gasteiger partial charge in [0.05, 0.1) is 25.4 Å². The van der Waals surface area contributed by atoms with E-state index in [2.05, 4.69) is 34.3 Å². The van der Waals surface area contributed by atoms with Gasteiger partial charge in [-0.3, -0.25) is 14.6 Å². The molecule has 4 heterocycles. The standard InChI is InChI=1S/C32H38FN7O3/c1-4-29(41)38-15-12-24(20-38)40-30-22(19-39(32(40)42)28-17-25(43-3)9-10-26(28)33)18-34-31(36-30)35-23-8-11-27(21(2)16-23)37-13-6-5-7-14-37/h8-11,16-18,24H,4-7,12-15,19-20H2,1-3H3,(H,34,35,36)/t24-/m0/s1. The molecular formula is C32H38FN7O3. The number of aryl methyl sites for hydroxylation is 1. The van der Waals surface area contributed by atoms with Crippen molar-refractivity contribution in [3.05, 3.63) is 59.5 Å². The second-order valence-corrected chi connectivity index (χ2v) is 11.4.